The van der Waals surface area contributed by atoms with E-state index < -0.39 is 6.55 Å². The van der Waals surface area contributed by atoms with Crippen molar-refractivity contribution in [3.63, 3.8) is 0 Å². The van der Waals surface area contributed by atoms with Gasteiger partial charge in [-0.15, -0.1) is 0 Å². The highest BCUT2D eigenvalue weighted by Gasteiger charge is 2.21. The van der Waals surface area contributed by atoms with Crippen LogP contribution in [-0.4, -0.2) is 65.6 Å². The first-order valence-electron chi connectivity index (χ1n) is 10.8. The lowest BCUT2D eigenvalue weighted by Gasteiger charge is -2.27. The number of ether oxygens (including phenoxy) is 1. The summed E-state index contributed by atoms with van der Waals surface area (Å²) >= 11 is 6.25. The summed E-state index contributed by atoms with van der Waals surface area (Å²) in [6.45, 7) is -0.0411. The molecule has 5 aromatic rings. The van der Waals surface area contributed by atoms with Crippen LogP contribution in [0.2, 0.25) is 5.02 Å². The Morgan fingerprint density at radius 3 is 2.74 bits per heavy atom. The number of H-pyrrole nitrogens is 1. The van der Waals surface area contributed by atoms with E-state index in [0.29, 0.717) is 82.6 Å². The van der Waals surface area contributed by atoms with E-state index in [1.54, 1.807) is 12.3 Å². The molecular formula is C21H19ClF2N10O. The van der Waals surface area contributed by atoms with Crippen molar-refractivity contribution in [2.45, 2.75) is 13.1 Å². The van der Waals surface area contributed by atoms with Crippen LogP contribution in [0.1, 0.15) is 12.4 Å². The first-order chi connectivity index (χ1) is 17.1. The van der Waals surface area contributed by atoms with Gasteiger partial charge in [-0.1, -0.05) is 17.7 Å². The summed E-state index contributed by atoms with van der Waals surface area (Å²) < 4.78 is 33.7. The molecule has 1 aliphatic heterocycles. The smallest absolute Gasteiger partial charge is 0.333 e. The highest BCUT2D eigenvalue weighted by Crippen LogP contribution is 2.28. The van der Waals surface area contributed by atoms with Crippen LogP contribution in [0.25, 0.3) is 27.8 Å². The van der Waals surface area contributed by atoms with E-state index in [1.165, 1.54) is 16.9 Å². The molecule has 1 fully saturated rings. The molecule has 0 bridgehead atoms. The van der Waals surface area contributed by atoms with Gasteiger partial charge in [0.15, 0.2) is 5.65 Å². The number of nitrogens with one attached hydrogen (secondary N) is 2. The van der Waals surface area contributed by atoms with E-state index in [0.717, 1.165) is 5.52 Å². The third-order valence-corrected chi connectivity index (χ3v) is 5.99. The number of anilines is 2. The van der Waals surface area contributed by atoms with Crippen molar-refractivity contribution in [1.82, 2.24) is 39.3 Å². The zero-order valence-electron chi connectivity index (χ0n) is 18.2. The Morgan fingerprint density at radius 1 is 1.11 bits per heavy atom. The number of benzene rings is 1. The predicted molar refractivity (Wildman–Crippen MR) is 125 cm³/mol. The minimum absolute atomic E-state index is 0.318. The number of nitrogens with zero attached hydrogens (tertiary/aromatic N) is 8. The van der Waals surface area contributed by atoms with Crippen molar-refractivity contribution >= 4 is 40.2 Å². The average Bonchev–Trinajstić information content (AvgIpc) is 3.61. The lowest BCUT2D eigenvalue weighted by molar-refractivity contribution is 0.0566. The molecule has 4 aromatic heterocycles. The average molecular weight is 501 g/mol. The fourth-order valence-corrected chi connectivity index (χ4v) is 4.18. The molecule has 2 N–H and O–H groups in total. The third-order valence-electron chi connectivity index (χ3n) is 5.69. The van der Waals surface area contributed by atoms with Gasteiger partial charge in [-0.25, -0.2) is 9.67 Å². The molecule has 0 unspecified atom stereocenters. The van der Waals surface area contributed by atoms with Crippen molar-refractivity contribution in [3.8, 4) is 11.1 Å². The van der Waals surface area contributed by atoms with Crippen LogP contribution in [0.3, 0.4) is 0 Å². The van der Waals surface area contributed by atoms with Crippen LogP contribution in [0.4, 0.5) is 20.7 Å². The number of para-hydroxylation sites is 1. The highest BCUT2D eigenvalue weighted by atomic mass is 35.5. The molecule has 0 aliphatic carbocycles. The maximum absolute atomic E-state index is 13.1. The predicted octanol–water partition coefficient (Wildman–Crippen LogP) is 3.36. The standard InChI is InChI=1S/C21H19ClF2N10O/c22-14-2-1-3-15-17(14)29-16(28-15)10-25-20-31-21(32-4-6-35-7-5-32)30-18-13(9-27-34(18)20)12-8-26-33(11-12)19(23)24/h1-3,8-9,11,19H,4-7,10H2,(H,28,29)(H,25,30,31). The summed E-state index contributed by atoms with van der Waals surface area (Å²) in [4.78, 5) is 19.2. The van der Waals surface area contributed by atoms with Gasteiger partial charge < -0.3 is 19.9 Å². The molecule has 14 heteroatoms. The summed E-state index contributed by atoms with van der Waals surface area (Å²) in [7, 11) is 0. The Bertz CT molecular complexity index is 1510. The number of rotatable bonds is 6. The molecule has 0 atom stereocenters. The van der Waals surface area contributed by atoms with Crippen LogP contribution in [0, 0.1) is 0 Å². The van der Waals surface area contributed by atoms with Gasteiger partial charge in [0.1, 0.15) is 11.3 Å². The van der Waals surface area contributed by atoms with Gasteiger partial charge in [0.05, 0.1) is 42.7 Å². The molecule has 6 rings (SSSR count). The molecule has 0 saturated carbocycles. The van der Waals surface area contributed by atoms with Gasteiger partial charge in [0.2, 0.25) is 11.9 Å². The zero-order chi connectivity index (χ0) is 23.9. The number of alkyl halides is 2. The van der Waals surface area contributed by atoms with Crippen molar-refractivity contribution in [2.75, 3.05) is 36.5 Å². The van der Waals surface area contributed by atoms with Gasteiger partial charge in [0.25, 0.3) is 0 Å². The van der Waals surface area contributed by atoms with E-state index in [4.69, 9.17) is 26.3 Å². The normalized spacial score (nSPS) is 14.5. The molecule has 11 nitrogen and oxygen atoms in total. The first kappa shape index (κ1) is 21.7. The summed E-state index contributed by atoms with van der Waals surface area (Å²) in [5.74, 6) is 1.58. The summed E-state index contributed by atoms with van der Waals surface area (Å²) in [5.41, 5.74) is 3.02. The van der Waals surface area contributed by atoms with E-state index in [9.17, 15) is 8.78 Å². The third kappa shape index (κ3) is 4.02. The summed E-state index contributed by atoms with van der Waals surface area (Å²) in [6, 6.07) is 5.53. The fraction of sp³-hybridized carbons (Fsp3) is 0.286. The molecule has 180 valence electrons. The minimum atomic E-state index is -2.74. The lowest BCUT2D eigenvalue weighted by Crippen LogP contribution is -2.37. The van der Waals surface area contributed by atoms with Crippen molar-refractivity contribution in [2.24, 2.45) is 0 Å². The molecule has 1 saturated heterocycles. The van der Waals surface area contributed by atoms with E-state index >= 15 is 0 Å². The van der Waals surface area contributed by atoms with Crippen LogP contribution in [0.5, 0.6) is 0 Å². The van der Waals surface area contributed by atoms with Gasteiger partial charge in [-0.05, 0) is 12.1 Å². The molecule has 1 aromatic carbocycles. The SMILES string of the molecule is FC(F)n1cc(-c2cnn3c(NCc4nc5c(Cl)cccc5[nH]4)nc(N4CCOCC4)nc23)cn1. The lowest BCUT2D eigenvalue weighted by atomic mass is 10.2. The van der Waals surface area contributed by atoms with E-state index in [2.05, 4.69) is 25.5 Å². The number of fused-ring (bicyclic) bond motifs is 2. The van der Waals surface area contributed by atoms with Crippen LogP contribution in [-0.2, 0) is 11.3 Å². The molecule has 1 aliphatic rings. The van der Waals surface area contributed by atoms with Crippen LogP contribution < -0.4 is 10.2 Å². The molecule has 35 heavy (non-hydrogen) atoms. The maximum atomic E-state index is 13.1. The first-order valence-corrected chi connectivity index (χ1v) is 11.2. The Kier molecular flexibility index (Phi) is 5.41. The van der Waals surface area contributed by atoms with Crippen LogP contribution in [0.15, 0.2) is 36.8 Å². The number of aromatic nitrogens is 8. The zero-order valence-corrected chi connectivity index (χ0v) is 19.0. The monoisotopic (exact) mass is 500 g/mol. The second-order valence-corrected chi connectivity index (χ2v) is 8.31. The Morgan fingerprint density at radius 2 is 1.97 bits per heavy atom. The maximum Gasteiger partial charge on any atom is 0.333 e. The Hall–Kier alpha value is -3.84. The number of aromatic amines is 1. The van der Waals surface area contributed by atoms with Gasteiger partial charge in [-0.2, -0.15) is 33.5 Å². The van der Waals surface area contributed by atoms with E-state index in [-0.39, 0.29) is 0 Å². The minimum Gasteiger partial charge on any atom is -0.378 e. The number of halogens is 3. The van der Waals surface area contributed by atoms with Gasteiger partial charge >= 0.3 is 6.55 Å². The summed E-state index contributed by atoms with van der Waals surface area (Å²) in [5, 5.41) is 12.0. The van der Waals surface area contributed by atoms with E-state index in [1.807, 2.05) is 17.0 Å². The largest absolute Gasteiger partial charge is 0.378 e. The van der Waals surface area contributed by atoms with Gasteiger partial charge in [-0.3, -0.25) is 0 Å². The number of hydrogen-bond acceptors (Lipinski definition) is 8. The fourth-order valence-electron chi connectivity index (χ4n) is 3.97. The number of imidazole rings is 1. The second-order valence-electron chi connectivity index (χ2n) is 7.90. The molecule has 0 spiro atoms. The van der Waals surface area contributed by atoms with Crippen LogP contribution >= 0.6 is 11.6 Å². The summed E-state index contributed by atoms with van der Waals surface area (Å²) in [6.07, 6.45) is 4.19. The van der Waals surface area contributed by atoms with Crippen molar-refractivity contribution < 1.29 is 13.5 Å². The number of hydrogen-bond donors (Lipinski definition) is 2. The molecule has 0 radical (unpaired) electrons. The topological polar surface area (TPSA) is 114 Å². The van der Waals surface area contributed by atoms with Crippen molar-refractivity contribution in [3.05, 3.63) is 47.6 Å². The quantitative estimate of drug-likeness (QED) is 0.365. The number of morpholine rings is 1. The molecule has 0 amide bonds. The second kappa shape index (κ2) is 8.74. The Balaban J connectivity index is 1.39. The Labute approximate surface area is 201 Å². The molecular weight excluding hydrogens is 482 g/mol. The van der Waals surface area contributed by atoms with Gasteiger partial charge in [0, 0.05) is 30.4 Å². The highest BCUT2D eigenvalue weighted by molar-refractivity contribution is 6.34. The molecule has 5 heterocycles. The van der Waals surface area contributed by atoms with Crippen molar-refractivity contribution in [1.29, 1.82) is 0 Å².